The molecule has 0 unspecified atom stereocenters. The van der Waals surface area contributed by atoms with E-state index in [1.807, 2.05) is 6.92 Å². The first-order chi connectivity index (χ1) is 10.4. The van der Waals surface area contributed by atoms with Gasteiger partial charge in [0, 0.05) is 23.6 Å². The van der Waals surface area contributed by atoms with Gasteiger partial charge in [0.25, 0.3) is 0 Å². The van der Waals surface area contributed by atoms with E-state index in [0.29, 0.717) is 17.5 Å². The van der Waals surface area contributed by atoms with E-state index in [4.69, 9.17) is 9.47 Å². The Morgan fingerprint density at radius 2 is 1.86 bits per heavy atom. The van der Waals surface area contributed by atoms with E-state index >= 15 is 0 Å². The largest absolute Gasteiger partial charge is 0.507 e. The van der Waals surface area contributed by atoms with Crippen molar-refractivity contribution in [1.82, 2.24) is 0 Å². The molecule has 0 aromatic heterocycles. The van der Waals surface area contributed by atoms with E-state index in [-0.39, 0.29) is 34.5 Å². The van der Waals surface area contributed by atoms with Crippen LogP contribution in [-0.4, -0.2) is 35.0 Å². The average molecular weight is 304 g/mol. The Hall–Kier alpha value is -2.34. The summed E-state index contributed by atoms with van der Waals surface area (Å²) in [7, 11) is 1.27. The monoisotopic (exact) mass is 304 g/mol. The minimum Gasteiger partial charge on any atom is -0.507 e. The lowest BCUT2D eigenvalue weighted by atomic mass is 9.83. The molecule has 3 rings (SSSR count). The number of phenolic OH excluding ortho intramolecular Hbond substituents is 2. The van der Waals surface area contributed by atoms with Crippen molar-refractivity contribution in [2.45, 2.75) is 32.5 Å². The molecule has 6 nitrogen and oxygen atoms in total. The molecule has 1 heterocycles. The van der Waals surface area contributed by atoms with Gasteiger partial charge in [-0.15, -0.1) is 0 Å². The van der Waals surface area contributed by atoms with Crippen molar-refractivity contribution in [2.75, 3.05) is 7.11 Å². The van der Waals surface area contributed by atoms with Crippen molar-refractivity contribution in [3.63, 3.8) is 0 Å². The zero-order chi connectivity index (χ0) is 16.2. The number of rotatable bonds is 1. The fourth-order valence-electron chi connectivity index (χ4n) is 3.18. The van der Waals surface area contributed by atoms with Gasteiger partial charge in [0.1, 0.15) is 11.5 Å². The first-order valence-electron chi connectivity index (χ1n) is 6.97. The third-order valence-corrected chi connectivity index (χ3v) is 4.10. The molecule has 22 heavy (non-hydrogen) atoms. The maximum atomic E-state index is 12.4. The van der Waals surface area contributed by atoms with Gasteiger partial charge in [-0.25, -0.2) is 0 Å². The molecule has 0 amide bonds. The normalized spacial score (nSPS) is 23.7. The van der Waals surface area contributed by atoms with E-state index in [1.54, 1.807) is 6.92 Å². The van der Waals surface area contributed by atoms with Crippen molar-refractivity contribution >= 4 is 11.6 Å². The van der Waals surface area contributed by atoms with E-state index in [9.17, 15) is 19.8 Å². The average Bonchev–Trinajstić information content (AvgIpc) is 2.45. The fourth-order valence-corrected chi connectivity index (χ4v) is 3.18. The third-order valence-electron chi connectivity index (χ3n) is 4.10. The smallest absolute Gasteiger partial charge is 0.232 e. The molecule has 0 saturated carbocycles. The van der Waals surface area contributed by atoms with E-state index in [2.05, 4.69) is 0 Å². The number of fused-ring (bicyclic) bond motifs is 2. The minimum atomic E-state index is -0.612. The highest BCUT2D eigenvalue weighted by Crippen LogP contribution is 2.47. The van der Waals surface area contributed by atoms with Gasteiger partial charge in [-0.3, -0.25) is 9.59 Å². The van der Waals surface area contributed by atoms with Gasteiger partial charge in [-0.1, -0.05) is 0 Å². The second-order valence-electron chi connectivity index (χ2n) is 5.54. The number of Topliss-reactive ketones (excluding diaryl/α,β-unsaturated/α-hetero) is 1. The third kappa shape index (κ3) is 1.84. The maximum absolute atomic E-state index is 12.4. The number of hydrogen-bond donors (Lipinski definition) is 2. The Bertz CT molecular complexity index is 731. The number of ether oxygens (including phenoxy) is 2. The summed E-state index contributed by atoms with van der Waals surface area (Å²) in [6.07, 6.45) is 0.718. The number of ketones is 2. The molecule has 116 valence electrons. The zero-order valence-electron chi connectivity index (χ0n) is 12.5. The summed E-state index contributed by atoms with van der Waals surface area (Å²) in [4.78, 5) is 24.6. The van der Waals surface area contributed by atoms with Crippen molar-refractivity contribution in [3.05, 3.63) is 34.1 Å². The standard InChI is InChI=1S/C16H16O6/c1-6-4-8-11(7(2)22-6)16(20)12-9(17)5-10(21-3)15(19)13(12)14(8)18/h5-7,18,20H,4H2,1-3H3/t6-,7+/m0/s1. The van der Waals surface area contributed by atoms with Crippen LogP contribution >= 0.6 is 0 Å². The predicted molar refractivity (Wildman–Crippen MR) is 76.2 cm³/mol. The Kier molecular flexibility index (Phi) is 3.21. The number of benzene rings is 1. The molecule has 2 atom stereocenters. The van der Waals surface area contributed by atoms with Gasteiger partial charge in [0.2, 0.25) is 5.78 Å². The lowest BCUT2D eigenvalue weighted by molar-refractivity contribution is -0.00677. The number of aromatic hydroxyl groups is 2. The summed E-state index contributed by atoms with van der Waals surface area (Å²) in [5, 5.41) is 21.0. The molecule has 0 fully saturated rings. The minimum absolute atomic E-state index is 0.152. The van der Waals surface area contributed by atoms with Crippen molar-refractivity contribution in [3.8, 4) is 11.5 Å². The molecule has 1 aliphatic heterocycles. The predicted octanol–water partition coefficient (Wildman–Crippen LogP) is 2.03. The van der Waals surface area contributed by atoms with Crippen LogP contribution in [0.25, 0.3) is 0 Å². The fraction of sp³-hybridized carbons (Fsp3) is 0.375. The Balaban J connectivity index is 2.34. The van der Waals surface area contributed by atoms with Crippen molar-refractivity contribution < 1.29 is 29.3 Å². The van der Waals surface area contributed by atoms with Crippen LogP contribution in [0.4, 0.5) is 0 Å². The summed E-state index contributed by atoms with van der Waals surface area (Å²) in [6.45, 7) is 3.56. The molecule has 2 aliphatic rings. The number of carbonyl (C=O) groups excluding carboxylic acids is 2. The maximum Gasteiger partial charge on any atom is 0.232 e. The molecule has 1 aliphatic carbocycles. The van der Waals surface area contributed by atoms with E-state index < -0.39 is 17.7 Å². The van der Waals surface area contributed by atoms with Crippen molar-refractivity contribution in [2.24, 2.45) is 0 Å². The molecule has 0 radical (unpaired) electrons. The highest BCUT2D eigenvalue weighted by atomic mass is 16.5. The van der Waals surface area contributed by atoms with Crippen LogP contribution in [0.15, 0.2) is 11.8 Å². The highest BCUT2D eigenvalue weighted by molar-refractivity contribution is 6.26. The molecule has 2 N–H and O–H groups in total. The summed E-state index contributed by atoms with van der Waals surface area (Å²) < 4.78 is 10.5. The first kappa shape index (κ1) is 14.6. The van der Waals surface area contributed by atoms with E-state index in [1.165, 1.54) is 7.11 Å². The lowest BCUT2D eigenvalue weighted by Gasteiger charge is -2.31. The SMILES string of the molecule is COC1=CC(=O)c2c(O)c3c(c(O)c2C1=O)C[C@H](C)O[C@@H]3C. The van der Waals surface area contributed by atoms with Crippen LogP contribution in [0.2, 0.25) is 0 Å². The van der Waals surface area contributed by atoms with Crippen LogP contribution in [0.1, 0.15) is 51.8 Å². The van der Waals surface area contributed by atoms with Crippen molar-refractivity contribution in [1.29, 1.82) is 0 Å². The van der Waals surface area contributed by atoms with Crippen LogP contribution < -0.4 is 0 Å². The van der Waals surface area contributed by atoms with Crippen LogP contribution in [0.3, 0.4) is 0 Å². The Morgan fingerprint density at radius 1 is 1.18 bits per heavy atom. The van der Waals surface area contributed by atoms with Crippen LogP contribution in [0.5, 0.6) is 11.5 Å². The Morgan fingerprint density at radius 3 is 2.50 bits per heavy atom. The highest BCUT2D eigenvalue weighted by Gasteiger charge is 2.38. The van der Waals surface area contributed by atoms with Crippen LogP contribution in [0, 0.1) is 0 Å². The van der Waals surface area contributed by atoms with Gasteiger partial charge in [-0.05, 0) is 13.8 Å². The zero-order valence-corrected chi connectivity index (χ0v) is 12.5. The summed E-state index contributed by atoms with van der Waals surface area (Å²) in [5.74, 6) is -1.91. The summed E-state index contributed by atoms with van der Waals surface area (Å²) in [5.41, 5.74) is 0.430. The number of carbonyl (C=O) groups is 2. The quantitative estimate of drug-likeness (QED) is 0.771. The topological polar surface area (TPSA) is 93.1 Å². The molecule has 0 saturated heterocycles. The van der Waals surface area contributed by atoms with Gasteiger partial charge >= 0.3 is 0 Å². The van der Waals surface area contributed by atoms with Gasteiger partial charge < -0.3 is 19.7 Å². The molecule has 0 bridgehead atoms. The second kappa shape index (κ2) is 4.84. The van der Waals surface area contributed by atoms with Gasteiger partial charge in [0.05, 0.1) is 30.4 Å². The number of methoxy groups -OCH3 is 1. The lowest BCUT2D eigenvalue weighted by Crippen LogP contribution is -2.26. The molecule has 1 aromatic rings. The number of allylic oxidation sites excluding steroid dienone is 2. The second-order valence-corrected chi connectivity index (χ2v) is 5.54. The molecular weight excluding hydrogens is 288 g/mol. The molecule has 0 spiro atoms. The van der Waals surface area contributed by atoms with Crippen LogP contribution in [-0.2, 0) is 15.9 Å². The molecule has 1 aromatic carbocycles. The van der Waals surface area contributed by atoms with Gasteiger partial charge in [0.15, 0.2) is 11.5 Å². The van der Waals surface area contributed by atoms with Gasteiger partial charge in [-0.2, -0.15) is 0 Å². The summed E-state index contributed by atoms with van der Waals surface area (Å²) >= 11 is 0. The first-order valence-corrected chi connectivity index (χ1v) is 6.97. The summed E-state index contributed by atoms with van der Waals surface area (Å²) in [6, 6.07) is 0. The van der Waals surface area contributed by atoms with E-state index in [0.717, 1.165) is 6.08 Å². The number of hydrogen-bond acceptors (Lipinski definition) is 6. The number of phenols is 2. The molecule has 6 heteroatoms. The molecular formula is C16H16O6. The Labute approximate surface area is 127 Å².